The molecule has 2 rings (SSSR count). The van der Waals surface area contributed by atoms with E-state index >= 15 is 0 Å². The maximum atomic E-state index is 12.1. The Labute approximate surface area is 165 Å². The number of alkyl carbamates (subject to hydrolysis) is 1. The number of amides is 1. The number of hydrogen-bond acceptors (Lipinski definition) is 7. The Morgan fingerprint density at radius 2 is 1.93 bits per heavy atom. The summed E-state index contributed by atoms with van der Waals surface area (Å²) in [6.07, 6.45) is 1.08. The van der Waals surface area contributed by atoms with Crippen molar-refractivity contribution in [3.8, 4) is 6.07 Å². The van der Waals surface area contributed by atoms with Crippen molar-refractivity contribution in [2.24, 2.45) is 0 Å². The van der Waals surface area contributed by atoms with Crippen molar-refractivity contribution < 1.29 is 18.8 Å². The van der Waals surface area contributed by atoms with E-state index in [1.165, 1.54) is 0 Å². The lowest BCUT2D eigenvalue weighted by molar-refractivity contribution is 0.00578. The highest BCUT2D eigenvalue weighted by Crippen LogP contribution is 2.38. The van der Waals surface area contributed by atoms with E-state index in [1.807, 2.05) is 33.8 Å². The summed E-state index contributed by atoms with van der Waals surface area (Å²) < 4.78 is 17.4. The topological polar surface area (TPSA) is 135 Å². The van der Waals surface area contributed by atoms with Crippen LogP contribution >= 0.6 is 0 Å². The third-order valence-corrected chi connectivity index (χ3v) is 4.66. The summed E-state index contributed by atoms with van der Waals surface area (Å²) in [5.74, 6) is 0.0992. The molecule has 0 atom stereocenters. The second kappa shape index (κ2) is 7.49. The van der Waals surface area contributed by atoms with Gasteiger partial charge in [0.25, 0.3) is 0 Å². The van der Waals surface area contributed by atoms with Crippen molar-refractivity contribution in [2.75, 3.05) is 12.3 Å². The lowest BCUT2D eigenvalue weighted by atomic mass is 9.77. The van der Waals surface area contributed by atoms with Crippen LogP contribution in [0.25, 0.3) is 6.08 Å². The highest BCUT2D eigenvalue weighted by Gasteiger charge is 2.52. The second-order valence-electron chi connectivity index (χ2n) is 8.67. The second-order valence-corrected chi connectivity index (χ2v) is 8.67. The minimum atomic E-state index is -0.726. The van der Waals surface area contributed by atoms with Gasteiger partial charge in [-0.15, -0.1) is 0 Å². The van der Waals surface area contributed by atoms with E-state index in [1.54, 1.807) is 26.8 Å². The van der Waals surface area contributed by atoms with Crippen molar-refractivity contribution in [2.45, 2.75) is 65.3 Å². The maximum absolute atomic E-state index is 12.1. The number of aromatic amines is 1. The van der Waals surface area contributed by atoms with Gasteiger partial charge in [0.15, 0.2) is 5.82 Å². The van der Waals surface area contributed by atoms with Crippen LogP contribution in [0.15, 0.2) is 5.47 Å². The zero-order valence-electron chi connectivity index (χ0n) is 17.5. The number of rotatable bonds is 4. The zero-order chi connectivity index (χ0) is 21.3. The van der Waals surface area contributed by atoms with Crippen molar-refractivity contribution in [1.29, 1.82) is 5.26 Å². The van der Waals surface area contributed by atoms with E-state index in [0.29, 0.717) is 11.2 Å². The van der Waals surface area contributed by atoms with Gasteiger partial charge >= 0.3 is 13.2 Å². The SMILES string of the molecule is CC(C)(C)OC(=O)NCC(=Cc1[nH]nc(N)c1C#N)B1OC(C)(C)C(C)(C)O1. The predicted octanol–water partition coefficient (Wildman–Crippen LogP) is 2.40. The molecule has 0 saturated carbocycles. The molecule has 28 heavy (non-hydrogen) atoms. The number of nitrogen functional groups attached to an aromatic ring is 1. The van der Waals surface area contributed by atoms with Crippen LogP contribution in [-0.4, -0.2) is 46.8 Å². The molecule has 1 amide bonds. The number of H-pyrrole nitrogens is 1. The standard InChI is InChI=1S/C18H28BN5O4/c1-16(2,3)26-15(25)22-10-11(8-13-12(9-20)14(21)24-23-13)19-27-17(4,5)18(6,7)28-19/h8H,10H2,1-7H3,(H,22,25)(H3,21,23,24). The van der Waals surface area contributed by atoms with Gasteiger partial charge in [-0.1, -0.05) is 0 Å². The summed E-state index contributed by atoms with van der Waals surface area (Å²) in [4.78, 5) is 12.1. The molecule has 0 spiro atoms. The van der Waals surface area contributed by atoms with Gasteiger partial charge in [-0.05, 0) is 60.0 Å². The Morgan fingerprint density at radius 3 is 2.43 bits per heavy atom. The van der Waals surface area contributed by atoms with Gasteiger partial charge in [0.1, 0.15) is 17.2 Å². The number of anilines is 1. The lowest BCUT2D eigenvalue weighted by Gasteiger charge is -2.32. The van der Waals surface area contributed by atoms with Gasteiger partial charge in [0, 0.05) is 6.54 Å². The van der Waals surface area contributed by atoms with Crippen LogP contribution in [0.2, 0.25) is 0 Å². The Morgan fingerprint density at radius 1 is 1.36 bits per heavy atom. The monoisotopic (exact) mass is 389 g/mol. The van der Waals surface area contributed by atoms with E-state index in [4.69, 9.17) is 19.8 Å². The predicted molar refractivity (Wildman–Crippen MR) is 106 cm³/mol. The van der Waals surface area contributed by atoms with Crippen molar-refractivity contribution in [3.63, 3.8) is 0 Å². The smallest absolute Gasteiger partial charge is 0.444 e. The third kappa shape index (κ3) is 4.85. The third-order valence-electron chi connectivity index (χ3n) is 4.66. The average molecular weight is 389 g/mol. The van der Waals surface area contributed by atoms with Gasteiger partial charge in [-0.3, -0.25) is 5.10 Å². The molecule has 0 aromatic carbocycles. The molecule has 1 fully saturated rings. The summed E-state index contributed by atoms with van der Waals surface area (Å²) in [5.41, 5.74) is 5.18. The van der Waals surface area contributed by atoms with Crippen molar-refractivity contribution >= 4 is 25.1 Å². The fraction of sp³-hybridized carbons (Fsp3) is 0.611. The Hall–Kier alpha value is -2.51. The van der Waals surface area contributed by atoms with Crippen LogP contribution in [0.1, 0.15) is 59.7 Å². The first-order valence-corrected chi connectivity index (χ1v) is 9.02. The fourth-order valence-electron chi connectivity index (χ4n) is 2.46. The fourth-order valence-corrected chi connectivity index (χ4v) is 2.46. The average Bonchev–Trinajstić information content (AvgIpc) is 2.97. The molecule has 1 saturated heterocycles. The van der Waals surface area contributed by atoms with Crippen LogP contribution < -0.4 is 11.1 Å². The molecule has 10 heteroatoms. The molecule has 1 aromatic rings. The minimum Gasteiger partial charge on any atom is -0.444 e. The normalized spacial score (nSPS) is 18.6. The van der Waals surface area contributed by atoms with E-state index in [9.17, 15) is 10.1 Å². The van der Waals surface area contributed by atoms with Gasteiger partial charge in [-0.25, -0.2) is 4.79 Å². The molecule has 4 N–H and O–H groups in total. The number of nitriles is 1. The Kier molecular flexibility index (Phi) is 5.83. The van der Waals surface area contributed by atoms with Gasteiger partial charge in [-0.2, -0.15) is 10.4 Å². The van der Waals surface area contributed by atoms with Gasteiger partial charge in [0.2, 0.25) is 0 Å². The number of hydrogen-bond donors (Lipinski definition) is 3. The van der Waals surface area contributed by atoms with Crippen LogP contribution in [0.3, 0.4) is 0 Å². The molecule has 152 valence electrons. The molecule has 1 aliphatic rings. The van der Waals surface area contributed by atoms with Crippen LogP contribution in [0.5, 0.6) is 0 Å². The molecule has 1 aliphatic heterocycles. The zero-order valence-corrected chi connectivity index (χ0v) is 17.5. The Balaban J connectivity index is 2.30. The number of nitrogens with zero attached hydrogens (tertiary/aromatic N) is 2. The summed E-state index contributed by atoms with van der Waals surface area (Å²) in [5, 5.41) is 18.6. The van der Waals surface area contributed by atoms with E-state index in [2.05, 4.69) is 15.5 Å². The summed E-state index contributed by atoms with van der Waals surface area (Å²) in [6.45, 7) is 13.2. The van der Waals surface area contributed by atoms with Crippen molar-refractivity contribution in [1.82, 2.24) is 15.5 Å². The minimum absolute atomic E-state index is 0.0928. The van der Waals surface area contributed by atoms with Crippen LogP contribution in [-0.2, 0) is 14.0 Å². The highest BCUT2D eigenvalue weighted by atomic mass is 16.7. The van der Waals surface area contributed by atoms with E-state index in [-0.39, 0.29) is 17.9 Å². The van der Waals surface area contributed by atoms with Gasteiger partial charge in [0.05, 0.1) is 16.9 Å². The number of nitrogens with one attached hydrogen (secondary N) is 2. The highest BCUT2D eigenvalue weighted by molar-refractivity contribution is 6.56. The Bertz CT molecular complexity index is 801. The number of carbonyl (C=O) groups excluding carboxylic acids is 1. The number of nitrogens with two attached hydrogens (primary N) is 1. The summed E-state index contributed by atoms with van der Waals surface area (Å²) >= 11 is 0. The molecule has 9 nitrogen and oxygen atoms in total. The van der Waals surface area contributed by atoms with E-state index < -0.39 is 30.0 Å². The van der Waals surface area contributed by atoms with Gasteiger partial charge < -0.3 is 25.1 Å². The number of ether oxygens (including phenoxy) is 1. The van der Waals surface area contributed by atoms with Crippen molar-refractivity contribution in [3.05, 3.63) is 16.7 Å². The first kappa shape index (κ1) is 21.8. The molecule has 1 aromatic heterocycles. The first-order valence-electron chi connectivity index (χ1n) is 9.02. The molecule has 0 unspecified atom stereocenters. The molecule has 2 heterocycles. The number of aromatic nitrogens is 2. The summed E-state index contributed by atoms with van der Waals surface area (Å²) in [7, 11) is -0.726. The summed E-state index contributed by atoms with van der Waals surface area (Å²) in [6, 6.07) is 2.01. The first-order chi connectivity index (χ1) is 12.8. The molecule has 0 aliphatic carbocycles. The maximum Gasteiger partial charge on any atom is 0.492 e. The molecular weight excluding hydrogens is 361 g/mol. The largest absolute Gasteiger partial charge is 0.492 e. The quantitative estimate of drug-likeness (QED) is 0.673. The molecular formula is C18H28BN5O4. The number of carbonyl (C=O) groups is 1. The lowest BCUT2D eigenvalue weighted by Crippen LogP contribution is -2.41. The van der Waals surface area contributed by atoms with Crippen LogP contribution in [0, 0.1) is 11.3 Å². The van der Waals surface area contributed by atoms with Crippen LogP contribution in [0.4, 0.5) is 10.6 Å². The molecule has 0 bridgehead atoms. The van der Waals surface area contributed by atoms with E-state index in [0.717, 1.165) is 0 Å². The molecule has 0 radical (unpaired) electrons.